The van der Waals surface area contributed by atoms with E-state index in [4.69, 9.17) is 9.47 Å². The molecule has 1 aliphatic heterocycles. The smallest absolute Gasteiger partial charge is 0.161 e. The number of anilines is 2. The molecule has 4 rings (SSSR count). The van der Waals surface area contributed by atoms with Crippen LogP contribution in [0.2, 0.25) is 0 Å². The summed E-state index contributed by atoms with van der Waals surface area (Å²) in [6.07, 6.45) is 0. The minimum atomic E-state index is -0.665. The summed E-state index contributed by atoms with van der Waals surface area (Å²) < 4.78 is 38.4. The van der Waals surface area contributed by atoms with Crippen LogP contribution in [-0.2, 0) is 0 Å². The van der Waals surface area contributed by atoms with Gasteiger partial charge in [0, 0.05) is 10.9 Å². The van der Waals surface area contributed by atoms with Crippen molar-refractivity contribution in [3.05, 3.63) is 48.0 Å². The number of para-hydroxylation sites is 1. The van der Waals surface area contributed by atoms with Crippen LogP contribution in [0.4, 0.5) is 20.3 Å². The van der Waals surface area contributed by atoms with Crippen LogP contribution in [0.1, 0.15) is 0 Å². The molecule has 0 saturated heterocycles. The van der Waals surface area contributed by atoms with Crippen molar-refractivity contribution in [3.63, 3.8) is 0 Å². The van der Waals surface area contributed by atoms with Crippen LogP contribution in [0.5, 0.6) is 11.5 Å². The van der Waals surface area contributed by atoms with Gasteiger partial charge in [0.25, 0.3) is 0 Å². The second kappa shape index (κ2) is 5.70. The number of hydrogen-bond donors (Lipinski definition) is 3. The minimum absolute atomic E-state index is 0.208. The third-order valence-electron chi connectivity index (χ3n) is 4.19. The van der Waals surface area contributed by atoms with Crippen LogP contribution >= 0.6 is 0 Å². The molecule has 5 nitrogen and oxygen atoms in total. The summed E-state index contributed by atoms with van der Waals surface area (Å²) in [4.78, 5) is 0. The summed E-state index contributed by atoms with van der Waals surface area (Å²) in [5.41, 5.74) is 1.36. The highest BCUT2D eigenvalue weighted by atomic mass is 19.1. The molecule has 0 radical (unpaired) electrons. The molecule has 2 aliphatic rings. The lowest BCUT2D eigenvalue weighted by atomic mass is 10.2. The lowest BCUT2D eigenvalue weighted by Gasteiger charge is -2.07. The first kappa shape index (κ1) is 15.3. The van der Waals surface area contributed by atoms with Crippen LogP contribution in [0.15, 0.2) is 36.4 Å². The van der Waals surface area contributed by atoms with Crippen molar-refractivity contribution in [3.8, 4) is 22.8 Å². The summed E-state index contributed by atoms with van der Waals surface area (Å²) in [6.45, 7) is 0. The Hall–Kier alpha value is -3.22. The van der Waals surface area contributed by atoms with Gasteiger partial charge in [0.1, 0.15) is 23.1 Å². The average molecular weight is 343 g/mol. The van der Waals surface area contributed by atoms with E-state index in [1.54, 1.807) is 14.2 Å². The maximum absolute atomic E-state index is 13.9. The Morgan fingerprint density at radius 2 is 1.60 bits per heavy atom. The Morgan fingerprint density at radius 1 is 0.920 bits per heavy atom. The second-order valence-electron chi connectivity index (χ2n) is 5.57. The number of ether oxygens (including phenoxy) is 2. The van der Waals surface area contributed by atoms with Crippen molar-refractivity contribution in [2.45, 2.75) is 0 Å². The molecule has 0 atom stereocenters. The molecule has 0 aromatic heterocycles. The topological polar surface area (TPSA) is 62.1 Å². The number of aromatic nitrogens is 2. The molecule has 2 aromatic rings. The predicted octanol–water partition coefficient (Wildman–Crippen LogP) is 4.64. The first-order chi connectivity index (χ1) is 12.1. The number of benzene rings is 2. The number of hydrogen-bond acceptors (Lipinski definition) is 3. The molecule has 3 N–H and O–H groups in total. The maximum Gasteiger partial charge on any atom is 0.161 e. The number of halogens is 2. The molecule has 0 bridgehead atoms. The van der Waals surface area contributed by atoms with E-state index in [0.717, 1.165) is 22.0 Å². The van der Waals surface area contributed by atoms with Crippen molar-refractivity contribution in [1.29, 1.82) is 0 Å². The van der Waals surface area contributed by atoms with Crippen molar-refractivity contribution < 1.29 is 18.3 Å². The molecule has 0 spiro atoms. The minimum Gasteiger partial charge on any atom is -0.493 e. The van der Waals surface area contributed by atoms with Gasteiger partial charge in [-0.25, -0.2) is 8.78 Å². The standard InChI is InChI=1S/C18H15F2N3O2/c1-24-14-7-9-6-11-16(10(9)8-15(14)25-2)22-23-18(11)21-17-12(19)4-3-5-13(17)20/h3-8,21-23H,1-2H3. The lowest BCUT2D eigenvalue weighted by Crippen LogP contribution is -1.98. The predicted molar refractivity (Wildman–Crippen MR) is 92.0 cm³/mol. The summed E-state index contributed by atoms with van der Waals surface area (Å²) >= 11 is 0. The number of H-pyrrole nitrogens is 2. The summed E-state index contributed by atoms with van der Waals surface area (Å²) in [5, 5.41) is 10.6. The lowest BCUT2D eigenvalue weighted by molar-refractivity contribution is 0.356. The van der Waals surface area contributed by atoms with Gasteiger partial charge in [0.2, 0.25) is 0 Å². The van der Waals surface area contributed by atoms with E-state index in [0.29, 0.717) is 17.3 Å². The normalized spacial score (nSPS) is 11.2. The highest BCUT2D eigenvalue weighted by Gasteiger charge is 2.20. The first-order valence-electron chi connectivity index (χ1n) is 7.58. The van der Waals surface area contributed by atoms with E-state index >= 15 is 0 Å². The molecule has 7 heteroatoms. The zero-order valence-electron chi connectivity index (χ0n) is 13.5. The van der Waals surface area contributed by atoms with E-state index in [2.05, 4.69) is 15.5 Å². The molecule has 0 unspecified atom stereocenters. The van der Waals surface area contributed by atoms with E-state index in [1.807, 2.05) is 18.2 Å². The molecule has 2 aromatic carbocycles. The average Bonchev–Trinajstić information content (AvgIpc) is 3.16. The fraction of sp³-hybridized carbons (Fsp3) is 0.111. The van der Waals surface area contributed by atoms with Crippen LogP contribution < -0.4 is 14.8 Å². The quantitative estimate of drug-likeness (QED) is 0.506. The van der Waals surface area contributed by atoms with Crippen molar-refractivity contribution in [2.75, 3.05) is 19.5 Å². The number of methoxy groups -OCH3 is 2. The molecule has 128 valence electrons. The third kappa shape index (κ3) is 2.36. The molecule has 0 amide bonds. The fourth-order valence-corrected chi connectivity index (χ4v) is 2.97. The van der Waals surface area contributed by atoms with Crippen molar-refractivity contribution in [2.24, 2.45) is 0 Å². The monoisotopic (exact) mass is 343 g/mol. The Bertz CT molecular complexity index is 1020. The summed E-state index contributed by atoms with van der Waals surface area (Å²) in [5.74, 6) is 0.352. The van der Waals surface area contributed by atoms with Gasteiger partial charge < -0.3 is 14.8 Å². The maximum atomic E-state index is 13.9. The molecule has 0 saturated carbocycles. The second-order valence-corrected chi connectivity index (χ2v) is 5.57. The van der Waals surface area contributed by atoms with Crippen molar-refractivity contribution >= 4 is 22.3 Å². The van der Waals surface area contributed by atoms with Gasteiger partial charge in [0.15, 0.2) is 11.5 Å². The van der Waals surface area contributed by atoms with Gasteiger partial charge in [-0.1, -0.05) is 6.07 Å². The zero-order valence-corrected chi connectivity index (χ0v) is 13.5. The Morgan fingerprint density at radius 3 is 2.28 bits per heavy atom. The van der Waals surface area contributed by atoms with Crippen LogP contribution in [0.3, 0.4) is 0 Å². The fourth-order valence-electron chi connectivity index (χ4n) is 2.97. The van der Waals surface area contributed by atoms with E-state index in [9.17, 15) is 8.78 Å². The van der Waals surface area contributed by atoms with Gasteiger partial charge in [-0.05, 0) is 35.7 Å². The highest BCUT2D eigenvalue weighted by molar-refractivity contribution is 6.05. The molecule has 1 aliphatic carbocycles. The van der Waals surface area contributed by atoms with Crippen LogP contribution in [0.25, 0.3) is 22.0 Å². The van der Waals surface area contributed by atoms with Gasteiger partial charge in [-0.2, -0.15) is 0 Å². The van der Waals surface area contributed by atoms with Crippen LogP contribution in [-0.4, -0.2) is 24.4 Å². The van der Waals surface area contributed by atoms with Gasteiger partial charge in [0.05, 0.1) is 19.9 Å². The summed E-state index contributed by atoms with van der Waals surface area (Å²) in [6, 6.07) is 9.34. The van der Waals surface area contributed by atoms with E-state index in [1.165, 1.54) is 18.2 Å². The number of aromatic amines is 2. The molecule has 1 heterocycles. The largest absolute Gasteiger partial charge is 0.493 e. The summed E-state index contributed by atoms with van der Waals surface area (Å²) in [7, 11) is 3.14. The third-order valence-corrected chi connectivity index (χ3v) is 4.19. The molecule has 25 heavy (non-hydrogen) atoms. The zero-order chi connectivity index (χ0) is 17.6. The number of fused-ring (bicyclic) bond motifs is 3. The Kier molecular flexibility index (Phi) is 3.49. The number of nitrogens with one attached hydrogen (secondary N) is 3. The van der Waals surface area contributed by atoms with E-state index < -0.39 is 11.6 Å². The highest BCUT2D eigenvalue weighted by Crippen LogP contribution is 2.43. The van der Waals surface area contributed by atoms with E-state index in [-0.39, 0.29) is 5.69 Å². The SMILES string of the molecule is COc1cc2cc3c(Nc4c(F)cccc4F)[nH][nH]c-3c2cc1OC. The van der Waals surface area contributed by atoms with Crippen LogP contribution in [0, 0.1) is 11.6 Å². The Labute approximate surface area is 141 Å². The molecular formula is C18H15F2N3O2. The van der Waals surface area contributed by atoms with Gasteiger partial charge in [-0.15, -0.1) is 0 Å². The van der Waals surface area contributed by atoms with Gasteiger partial charge >= 0.3 is 0 Å². The first-order valence-corrected chi connectivity index (χ1v) is 7.58. The van der Waals surface area contributed by atoms with Crippen molar-refractivity contribution in [1.82, 2.24) is 10.2 Å². The molecular weight excluding hydrogens is 328 g/mol. The Balaban J connectivity index is 1.82. The number of rotatable bonds is 4. The van der Waals surface area contributed by atoms with Gasteiger partial charge in [-0.3, -0.25) is 10.2 Å². The molecule has 0 fully saturated rings.